The second kappa shape index (κ2) is 7.24. The van der Waals surface area contributed by atoms with Crippen LogP contribution in [0.1, 0.15) is 36.8 Å². The minimum atomic E-state index is -0.780. The molecule has 0 aliphatic carbocycles. The summed E-state index contributed by atoms with van der Waals surface area (Å²) in [6.45, 7) is 0. The van der Waals surface area contributed by atoms with Crippen molar-refractivity contribution in [2.45, 2.75) is 0 Å². The van der Waals surface area contributed by atoms with Crippen molar-refractivity contribution in [3.63, 3.8) is 0 Å². The van der Waals surface area contributed by atoms with Crippen LogP contribution in [0.2, 0.25) is 0 Å². The van der Waals surface area contributed by atoms with Crippen molar-refractivity contribution in [1.82, 2.24) is 4.40 Å². The van der Waals surface area contributed by atoms with Gasteiger partial charge in [0.2, 0.25) is 0 Å². The van der Waals surface area contributed by atoms with E-state index in [-0.39, 0.29) is 22.6 Å². The molecule has 0 spiro atoms. The summed E-state index contributed by atoms with van der Waals surface area (Å²) < 4.78 is 11.4. The largest absolute Gasteiger partial charge is 0.465 e. The number of ether oxygens (including phenoxy) is 2. The molecule has 0 saturated carbocycles. The summed E-state index contributed by atoms with van der Waals surface area (Å²) in [5.41, 5.74) is 0.816. The van der Waals surface area contributed by atoms with E-state index in [9.17, 15) is 14.4 Å². The molecule has 29 heavy (non-hydrogen) atoms. The first-order valence-corrected chi connectivity index (χ1v) is 8.90. The van der Waals surface area contributed by atoms with Crippen molar-refractivity contribution >= 4 is 34.0 Å². The van der Waals surface area contributed by atoms with Gasteiger partial charge in [0, 0.05) is 17.1 Å². The highest BCUT2D eigenvalue weighted by atomic mass is 16.5. The lowest BCUT2D eigenvalue weighted by molar-refractivity contribution is 0.0549. The third kappa shape index (κ3) is 2.86. The molecule has 0 unspecified atom stereocenters. The fourth-order valence-corrected chi connectivity index (χ4v) is 3.57. The van der Waals surface area contributed by atoms with Crippen LogP contribution >= 0.6 is 0 Å². The molecule has 0 aliphatic heterocycles. The number of methoxy groups -OCH3 is 2. The van der Waals surface area contributed by atoms with Crippen LogP contribution in [0, 0.1) is 0 Å². The van der Waals surface area contributed by atoms with Crippen molar-refractivity contribution in [1.29, 1.82) is 0 Å². The van der Waals surface area contributed by atoms with Gasteiger partial charge in [0.05, 0.1) is 25.3 Å². The molecule has 0 atom stereocenters. The number of fused-ring (bicyclic) bond motifs is 3. The van der Waals surface area contributed by atoms with Gasteiger partial charge in [0.1, 0.15) is 11.3 Å². The van der Waals surface area contributed by atoms with Gasteiger partial charge in [0.25, 0.3) is 0 Å². The average molecular weight is 387 g/mol. The fraction of sp³-hybridized carbons (Fsp3) is 0.0870. The zero-order valence-electron chi connectivity index (χ0n) is 15.8. The molecule has 144 valence electrons. The molecule has 6 nitrogen and oxygen atoms in total. The first kappa shape index (κ1) is 18.4. The molecule has 0 amide bonds. The van der Waals surface area contributed by atoms with E-state index in [4.69, 9.17) is 9.47 Å². The Kier molecular flexibility index (Phi) is 4.60. The Morgan fingerprint density at radius 3 is 2.10 bits per heavy atom. The number of nitrogens with zero attached hydrogens (tertiary/aromatic N) is 1. The number of ketones is 1. The summed E-state index contributed by atoms with van der Waals surface area (Å²) in [5.74, 6) is -1.89. The number of carbonyl (C=O) groups is 3. The standard InChI is InChI=1S/C23H17NO5/c1-28-22(26)18-17(21(25)15-9-4-3-5-10-15)19-16-11-7-6-8-14(16)12-13-24(19)20(18)23(27)29-2/h3-13H,1-2H3. The zero-order chi connectivity index (χ0) is 20.5. The van der Waals surface area contributed by atoms with Gasteiger partial charge in [-0.25, -0.2) is 9.59 Å². The Morgan fingerprint density at radius 1 is 0.759 bits per heavy atom. The van der Waals surface area contributed by atoms with Gasteiger partial charge in [-0.3, -0.25) is 4.79 Å². The molecule has 0 fully saturated rings. The first-order chi connectivity index (χ1) is 14.1. The van der Waals surface area contributed by atoms with E-state index in [2.05, 4.69) is 0 Å². The molecule has 6 heteroatoms. The zero-order valence-corrected chi connectivity index (χ0v) is 15.8. The van der Waals surface area contributed by atoms with Gasteiger partial charge in [-0.15, -0.1) is 0 Å². The third-order valence-corrected chi connectivity index (χ3v) is 4.86. The van der Waals surface area contributed by atoms with Crippen molar-refractivity contribution in [3.8, 4) is 0 Å². The molecule has 0 aliphatic rings. The van der Waals surface area contributed by atoms with Crippen LogP contribution in [0.5, 0.6) is 0 Å². The highest BCUT2D eigenvalue weighted by Crippen LogP contribution is 2.33. The van der Waals surface area contributed by atoms with Gasteiger partial charge in [-0.2, -0.15) is 0 Å². The van der Waals surface area contributed by atoms with Gasteiger partial charge >= 0.3 is 11.9 Å². The molecular formula is C23H17NO5. The Hall–Kier alpha value is -3.93. The molecule has 4 aromatic rings. The smallest absolute Gasteiger partial charge is 0.355 e. The van der Waals surface area contributed by atoms with Crippen LogP contribution in [0.3, 0.4) is 0 Å². The van der Waals surface area contributed by atoms with Gasteiger partial charge in [-0.05, 0) is 11.5 Å². The molecule has 4 rings (SSSR count). The summed E-state index contributed by atoms with van der Waals surface area (Å²) in [6, 6.07) is 17.9. The van der Waals surface area contributed by atoms with Crippen molar-refractivity contribution in [2.75, 3.05) is 14.2 Å². The van der Waals surface area contributed by atoms with Crippen LogP contribution in [-0.4, -0.2) is 36.3 Å². The molecular weight excluding hydrogens is 370 g/mol. The molecule has 0 N–H and O–H groups in total. The molecule has 0 radical (unpaired) electrons. The van der Waals surface area contributed by atoms with Crippen molar-refractivity contribution in [3.05, 3.63) is 89.2 Å². The van der Waals surface area contributed by atoms with E-state index in [1.807, 2.05) is 30.3 Å². The van der Waals surface area contributed by atoms with E-state index < -0.39 is 11.9 Å². The molecule has 2 heterocycles. The molecule has 2 aromatic heterocycles. The minimum absolute atomic E-state index is 0.0422. The monoisotopic (exact) mass is 387 g/mol. The lowest BCUT2D eigenvalue weighted by atomic mass is 9.97. The number of benzene rings is 2. The maximum absolute atomic E-state index is 13.5. The first-order valence-electron chi connectivity index (χ1n) is 8.90. The van der Waals surface area contributed by atoms with E-state index in [1.54, 1.807) is 36.5 Å². The van der Waals surface area contributed by atoms with Crippen LogP contribution < -0.4 is 0 Å². The maximum Gasteiger partial charge on any atom is 0.355 e. The number of pyridine rings is 1. The minimum Gasteiger partial charge on any atom is -0.465 e. The SMILES string of the molecule is COC(=O)c1c(C(=O)c2ccccc2)c2c3ccccc3ccn2c1C(=O)OC. The molecule has 0 saturated heterocycles. The van der Waals surface area contributed by atoms with Gasteiger partial charge < -0.3 is 13.9 Å². The normalized spacial score (nSPS) is 10.8. The second-order valence-electron chi connectivity index (χ2n) is 6.40. The summed E-state index contributed by atoms with van der Waals surface area (Å²) in [6.07, 6.45) is 1.65. The number of hydrogen-bond donors (Lipinski definition) is 0. The summed E-state index contributed by atoms with van der Waals surface area (Å²) >= 11 is 0. The van der Waals surface area contributed by atoms with E-state index in [0.29, 0.717) is 11.1 Å². The predicted octanol–water partition coefficient (Wildman–Crippen LogP) is 3.90. The number of carbonyl (C=O) groups excluding carboxylic acids is 3. The lowest BCUT2D eigenvalue weighted by Crippen LogP contribution is -2.15. The van der Waals surface area contributed by atoms with Crippen molar-refractivity contribution in [2.24, 2.45) is 0 Å². The lowest BCUT2D eigenvalue weighted by Gasteiger charge is -2.06. The average Bonchev–Trinajstić information content (AvgIpc) is 3.13. The third-order valence-electron chi connectivity index (χ3n) is 4.86. The quantitative estimate of drug-likeness (QED) is 0.392. The Bertz CT molecular complexity index is 1270. The molecule has 2 aromatic carbocycles. The van der Waals surface area contributed by atoms with Crippen LogP contribution in [0.4, 0.5) is 0 Å². The van der Waals surface area contributed by atoms with E-state index in [0.717, 1.165) is 10.8 Å². The maximum atomic E-state index is 13.5. The topological polar surface area (TPSA) is 74.1 Å². The summed E-state index contributed by atoms with van der Waals surface area (Å²) in [7, 11) is 2.43. The van der Waals surface area contributed by atoms with E-state index >= 15 is 0 Å². The summed E-state index contributed by atoms with van der Waals surface area (Å²) in [4.78, 5) is 38.8. The fourth-order valence-electron chi connectivity index (χ4n) is 3.57. The Balaban J connectivity index is 2.21. The second-order valence-corrected chi connectivity index (χ2v) is 6.40. The van der Waals surface area contributed by atoms with Crippen LogP contribution in [0.25, 0.3) is 16.3 Å². The number of esters is 2. The van der Waals surface area contributed by atoms with Crippen LogP contribution in [-0.2, 0) is 9.47 Å². The predicted molar refractivity (Wildman–Crippen MR) is 107 cm³/mol. The number of rotatable bonds is 4. The van der Waals surface area contributed by atoms with Crippen molar-refractivity contribution < 1.29 is 23.9 Å². The van der Waals surface area contributed by atoms with Gasteiger partial charge in [-0.1, -0.05) is 54.6 Å². The Morgan fingerprint density at radius 2 is 1.41 bits per heavy atom. The Labute approximate surface area is 166 Å². The van der Waals surface area contributed by atoms with E-state index in [1.165, 1.54) is 18.6 Å². The van der Waals surface area contributed by atoms with Gasteiger partial charge in [0.15, 0.2) is 5.78 Å². The highest BCUT2D eigenvalue weighted by molar-refractivity contribution is 6.24. The number of hydrogen-bond acceptors (Lipinski definition) is 5. The summed E-state index contributed by atoms with van der Waals surface area (Å²) in [5, 5.41) is 1.60. The van der Waals surface area contributed by atoms with Crippen LogP contribution in [0.15, 0.2) is 66.9 Å². The highest BCUT2D eigenvalue weighted by Gasteiger charge is 2.33. The molecule has 0 bridgehead atoms. The number of aromatic nitrogens is 1.